The van der Waals surface area contributed by atoms with Crippen molar-refractivity contribution in [2.45, 2.75) is 43.3 Å². The molecule has 5 nitrogen and oxygen atoms in total. The molecule has 2 aromatic carbocycles. The molecule has 4 rings (SSSR count). The topological polar surface area (TPSA) is 49.2 Å². The van der Waals surface area contributed by atoms with Gasteiger partial charge in [-0.3, -0.25) is 4.57 Å². The number of aromatic nitrogens is 3. The average Bonchev–Trinajstić information content (AvgIpc) is 3.38. The van der Waals surface area contributed by atoms with Crippen molar-refractivity contribution in [1.29, 1.82) is 0 Å². The van der Waals surface area contributed by atoms with Crippen LogP contribution in [0, 0.1) is 6.92 Å². The predicted molar refractivity (Wildman–Crippen MR) is 112 cm³/mol. The number of hydrogen-bond acceptors (Lipinski definition) is 5. The van der Waals surface area contributed by atoms with Gasteiger partial charge in [-0.15, -0.1) is 10.2 Å². The standard InChI is InChI=1S/C22H25N3O2S/c1-16-5-7-17(8-6-16)15-28-22-24-23-21(18-9-11-19(26-2)12-10-18)25(22)14-20-4-3-13-27-20/h5-12,20H,3-4,13-15H2,1-2H3. The molecule has 1 aliphatic heterocycles. The first-order valence-electron chi connectivity index (χ1n) is 9.60. The van der Waals surface area contributed by atoms with Crippen LogP contribution in [0.3, 0.4) is 0 Å². The molecule has 0 spiro atoms. The zero-order valence-corrected chi connectivity index (χ0v) is 17.1. The van der Waals surface area contributed by atoms with Gasteiger partial charge in [0.15, 0.2) is 11.0 Å². The van der Waals surface area contributed by atoms with E-state index in [0.29, 0.717) is 0 Å². The van der Waals surface area contributed by atoms with Crippen LogP contribution in [0.25, 0.3) is 11.4 Å². The number of ether oxygens (including phenoxy) is 2. The van der Waals surface area contributed by atoms with Gasteiger partial charge in [0, 0.05) is 17.9 Å². The normalized spacial score (nSPS) is 16.4. The molecule has 3 aromatic rings. The average molecular weight is 396 g/mol. The van der Waals surface area contributed by atoms with Gasteiger partial charge in [-0.1, -0.05) is 41.6 Å². The van der Waals surface area contributed by atoms with Crippen LogP contribution in [0.15, 0.2) is 53.7 Å². The van der Waals surface area contributed by atoms with Crippen LogP contribution in [0.4, 0.5) is 0 Å². The van der Waals surface area contributed by atoms with E-state index < -0.39 is 0 Å². The Hall–Kier alpha value is -2.31. The molecule has 0 bridgehead atoms. The number of hydrogen-bond donors (Lipinski definition) is 0. The second-order valence-electron chi connectivity index (χ2n) is 7.05. The van der Waals surface area contributed by atoms with Crippen molar-refractivity contribution in [3.05, 3.63) is 59.7 Å². The minimum absolute atomic E-state index is 0.228. The highest BCUT2D eigenvalue weighted by molar-refractivity contribution is 7.98. The van der Waals surface area contributed by atoms with Gasteiger partial charge in [0.25, 0.3) is 0 Å². The summed E-state index contributed by atoms with van der Waals surface area (Å²) in [5, 5.41) is 9.94. The minimum Gasteiger partial charge on any atom is -0.497 e. The molecule has 0 N–H and O–H groups in total. The molecule has 2 heterocycles. The fraction of sp³-hybridized carbons (Fsp3) is 0.364. The van der Waals surface area contributed by atoms with Crippen molar-refractivity contribution in [1.82, 2.24) is 14.8 Å². The van der Waals surface area contributed by atoms with E-state index in [1.54, 1.807) is 18.9 Å². The van der Waals surface area contributed by atoms with Gasteiger partial charge in [-0.2, -0.15) is 0 Å². The van der Waals surface area contributed by atoms with E-state index >= 15 is 0 Å². The van der Waals surface area contributed by atoms with Crippen molar-refractivity contribution in [2.75, 3.05) is 13.7 Å². The third-order valence-corrected chi connectivity index (χ3v) is 6.00. The van der Waals surface area contributed by atoms with Gasteiger partial charge in [-0.25, -0.2) is 0 Å². The lowest BCUT2D eigenvalue weighted by Gasteiger charge is -2.15. The van der Waals surface area contributed by atoms with Gasteiger partial charge in [0.2, 0.25) is 0 Å². The van der Waals surface area contributed by atoms with Crippen molar-refractivity contribution in [3.63, 3.8) is 0 Å². The monoisotopic (exact) mass is 395 g/mol. The number of aryl methyl sites for hydroxylation is 1. The van der Waals surface area contributed by atoms with Gasteiger partial charge in [-0.05, 0) is 49.6 Å². The first kappa shape index (κ1) is 19.0. The Kier molecular flexibility index (Phi) is 5.98. The van der Waals surface area contributed by atoms with E-state index in [-0.39, 0.29) is 6.10 Å². The number of methoxy groups -OCH3 is 1. The maximum absolute atomic E-state index is 5.88. The van der Waals surface area contributed by atoms with E-state index in [9.17, 15) is 0 Å². The molecular weight excluding hydrogens is 370 g/mol. The lowest BCUT2D eigenvalue weighted by Crippen LogP contribution is -2.16. The minimum atomic E-state index is 0.228. The van der Waals surface area contributed by atoms with E-state index in [1.807, 2.05) is 24.3 Å². The summed E-state index contributed by atoms with van der Waals surface area (Å²) in [6, 6.07) is 16.6. The number of nitrogens with zero attached hydrogens (tertiary/aromatic N) is 3. The summed E-state index contributed by atoms with van der Waals surface area (Å²) >= 11 is 1.72. The molecule has 1 saturated heterocycles. The molecule has 6 heteroatoms. The van der Waals surface area contributed by atoms with Gasteiger partial charge >= 0.3 is 0 Å². The fourth-order valence-electron chi connectivity index (χ4n) is 3.34. The zero-order valence-electron chi connectivity index (χ0n) is 16.3. The van der Waals surface area contributed by atoms with Crippen LogP contribution in [0.1, 0.15) is 24.0 Å². The Morgan fingerprint density at radius 3 is 2.57 bits per heavy atom. The van der Waals surface area contributed by atoms with E-state index in [1.165, 1.54) is 11.1 Å². The van der Waals surface area contributed by atoms with Crippen LogP contribution >= 0.6 is 11.8 Å². The number of rotatable bonds is 7. The molecule has 28 heavy (non-hydrogen) atoms. The zero-order chi connectivity index (χ0) is 19.3. The summed E-state index contributed by atoms with van der Waals surface area (Å²) in [4.78, 5) is 0. The highest BCUT2D eigenvalue weighted by Gasteiger charge is 2.21. The SMILES string of the molecule is COc1ccc(-c2nnc(SCc3ccc(C)cc3)n2CC2CCCO2)cc1. The molecule has 146 valence electrons. The maximum Gasteiger partial charge on any atom is 0.191 e. The highest BCUT2D eigenvalue weighted by Crippen LogP contribution is 2.29. The van der Waals surface area contributed by atoms with Crippen LogP contribution in [0.2, 0.25) is 0 Å². The highest BCUT2D eigenvalue weighted by atomic mass is 32.2. The summed E-state index contributed by atoms with van der Waals surface area (Å²) < 4.78 is 13.4. The van der Waals surface area contributed by atoms with E-state index in [4.69, 9.17) is 9.47 Å². The number of benzene rings is 2. The molecule has 1 aromatic heterocycles. The van der Waals surface area contributed by atoms with Crippen molar-refractivity contribution in [2.24, 2.45) is 0 Å². The van der Waals surface area contributed by atoms with Gasteiger partial charge in [0.05, 0.1) is 19.8 Å². The largest absolute Gasteiger partial charge is 0.497 e. The Balaban J connectivity index is 1.59. The molecule has 1 atom stereocenters. The van der Waals surface area contributed by atoms with Crippen LogP contribution in [-0.2, 0) is 17.0 Å². The predicted octanol–water partition coefficient (Wildman–Crippen LogP) is 4.73. The smallest absolute Gasteiger partial charge is 0.191 e. The van der Waals surface area contributed by atoms with E-state index in [2.05, 4.69) is 46.0 Å². The quantitative estimate of drug-likeness (QED) is 0.541. The Labute approximate surface area is 170 Å². The van der Waals surface area contributed by atoms with Crippen LogP contribution < -0.4 is 4.74 Å². The molecular formula is C22H25N3O2S. The Morgan fingerprint density at radius 2 is 1.89 bits per heavy atom. The lowest BCUT2D eigenvalue weighted by molar-refractivity contribution is 0.0953. The van der Waals surface area contributed by atoms with Gasteiger partial charge < -0.3 is 9.47 Å². The summed E-state index contributed by atoms with van der Waals surface area (Å²) in [7, 11) is 1.68. The van der Waals surface area contributed by atoms with E-state index in [0.717, 1.165) is 54.0 Å². The lowest BCUT2D eigenvalue weighted by atomic mass is 10.2. The molecule has 0 aliphatic carbocycles. The molecule has 0 radical (unpaired) electrons. The molecule has 1 fully saturated rings. The van der Waals surface area contributed by atoms with Crippen LogP contribution in [-0.4, -0.2) is 34.6 Å². The second kappa shape index (κ2) is 8.80. The van der Waals surface area contributed by atoms with Crippen molar-refractivity contribution in [3.8, 4) is 17.1 Å². The third-order valence-electron chi connectivity index (χ3n) is 4.96. The Morgan fingerprint density at radius 1 is 1.11 bits per heavy atom. The summed E-state index contributed by atoms with van der Waals surface area (Å²) in [6.45, 7) is 3.73. The molecule has 0 amide bonds. The molecule has 1 unspecified atom stereocenters. The number of thioether (sulfide) groups is 1. The second-order valence-corrected chi connectivity index (χ2v) is 8.00. The third kappa shape index (κ3) is 4.39. The molecule has 0 saturated carbocycles. The summed E-state index contributed by atoms with van der Waals surface area (Å²) in [5.74, 6) is 2.58. The fourth-order valence-corrected chi connectivity index (χ4v) is 4.24. The Bertz CT molecular complexity index is 901. The first-order valence-corrected chi connectivity index (χ1v) is 10.6. The van der Waals surface area contributed by atoms with Crippen molar-refractivity contribution >= 4 is 11.8 Å². The van der Waals surface area contributed by atoms with Crippen LogP contribution in [0.5, 0.6) is 5.75 Å². The van der Waals surface area contributed by atoms with Gasteiger partial charge in [0.1, 0.15) is 5.75 Å². The first-order chi connectivity index (χ1) is 13.7. The summed E-state index contributed by atoms with van der Waals surface area (Å²) in [6.07, 6.45) is 2.44. The van der Waals surface area contributed by atoms with Crippen molar-refractivity contribution < 1.29 is 9.47 Å². The summed E-state index contributed by atoms with van der Waals surface area (Å²) in [5.41, 5.74) is 3.60. The molecule has 1 aliphatic rings. The maximum atomic E-state index is 5.88.